The van der Waals surface area contributed by atoms with Crippen LogP contribution in [-0.4, -0.2) is 97.6 Å². The van der Waals surface area contributed by atoms with Gasteiger partial charge in [0.15, 0.2) is 11.6 Å². The summed E-state index contributed by atoms with van der Waals surface area (Å²) >= 11 is 0. The van der Waals surface area contributed by atoms with E-state index in [1.165, 1.54) is 9.80 Å². The molecule has 1 aliphatic rings. The molecule has 0 aromatic carbocycles. The minimum atomic E-state index is -0.998. The Morgan fingerprint density at radius 2 is 1.47 bits per heavy atom. The molecule has 2 atom stereocenters. The number of carbonyl (C=O) groups is 4. The molecule has 10 nitrogen and oxygen atoms in total. The van der Waals surface area contributed by atoms with Crippen molar-refractivity contribution in [1.82, 2.24) is 20.4 Å². The second kappa shape index (κ2) is 14.3. The Bertz CT molecular complexity index is 799. The molecular weight excluding hydrogens is 464 g/mol. The normalized spacial score (nSPS) is 26.7. The maximum Gasteiger partial charge on any atom is 0.409 e. The minimum absolute atomic E-state index is 0.0119. The average molecular weight is 511 g/mol. The van der Waals surface area contributed by atoms with Crippen molar-refractivity contribution < 1.29 is 28.7 Å². The van der Waals surface area contributed by atoms with E-state index in [0.717, 1.165) is 0 Å². The minimum Gasteiger partial charge on any atom is -0.445 e. The van der Waals surface area contributed by atoms with Crippen molar-refractivity contribution in [3.05, 3.63) is 12.2 Å². The number of rotatable bonds is 4. The third-order valence-electron chi connectivity index (χ3n) is 6.44. The van der Waals surface area contributed by atoms with E-state index in [2.05, 4.69) is 10.6 Å². The molecule has 36 heavy (non-hydrogen) atoms. The molecule has 2 N–H and O–H groups in total. The summed E-state index contributed by atoms with van der Waals surface area (Å²) in [6.07, 6.45) is 3.64. The Morgan fingerprint density at radius 3 is 1.97 bits per heavy atom. The van der Waals surface area contributed by atoms with Crippen molar-refractivity contribution in [2.24, 2.45) is 5.92 Å². The van der Waals surface area contributed by atoms with E-state index < -0.39 is 23.3 Å². The highest BCUT2D eigenvalue weighted by atomic mass is 16.6. The first-order valence-corrected chi connectivity index (χ1v) is 12.7. The number of ketones is 2. The van der Waals surface area contributed by atoms with Crippen LogP contribution in [0.1, 0.15) is 60.8 Å². The van der Waals surface area contributed by atoms with Gasteiger partial charge in [-0.3, -0.25) is 14.9 Å². The van der Waals surface area contributed by atoms with E-state index in [0.29, 0.717) is 25.8 Å². The summed E-state index contributed by atoms with van der Waals surface area (Å²) in [5.41, 5.74) is -1.85. The lowest BCUT2D eigenvalue weighted by Crippen LogP contribution is -2.59. The Kier molecular flexibility index (Phi) is 12.6. The number of ether oxygens (including phenoxy) is 2. The topological polar surface area (TPSA) is 117 Å². The van der Waals surface area contributed by atoms with E-state index in [9.17, 15) is 19.2 Å². The van der Waals surface area contributed by atoms with Crippen LogP contribution in [0.2, 0.25) is 0 Å². The van der Waals surface area contributed by atoms with Gasteiger partial charge in [-0.25, -0.2) is 9.59 Å². The molecular formula is C26H46N4O6. The van der Waals surface area contributed by atoms with Crippen molar-refractivity contribution in [2.45, 2.75) is 77.9 Å². The zero-order valence-electron chi connectivity index (χ0n) is 23.3. The first-order chi connectivity index (χ1) is 16.7. The quantitative estimate of drug-likeness (QED) is 0.555. The zero-order chi connectivity index (χ0) is 27.5. The molecule has 0 bridgehead atoms. The van der Waals surface area contributed by atoms with Gasteiger partial charge in [-0.05, 0) is 59.1 Å². The Labute approximate surface area is 216 Å². The Balaban J connectivity index is 3.18. The summed E-state index contributed by atoms with van der Waals surface area (Å²) < 4.78 is 10.4. The van der Waals surface area contributed by atoms with E-state index in [1.807, 2.05) is 34.6 Å². The third-order valence-corrected chi connectivity index (χ3v) is 6.44. The summed E-state index contributed by atoms with van der Waals surface area (Å²) in [7, 11) is 3.25. The van der Waals surface area contributed by atoms with Crippen molar-refractivity contribution >= 4 is 23.8 Å². The first kappa shape index (κ1) is 31.6. The Hall–Kier alpha value is -2.46. The maximum absolute atomic E-state index is 13.5. The molecule has 206 valence electrons. The lowest BCUT2D eigenvalue weighted by molar-refractivity contribution is -0.129. The van der Waals surface area contributed by atoms with Gasteiger partial charge in [0, 0.05) is 39.1 Å². The van der Waals surface area contributed by atoms with Crippen LogP contribution >= 0.6 is 0 Å². The molecule has 0 spiro atoms. The molecule has 1 rings (SSSR count). The van der Waals surface area contributed by atoms with Crippen LogP contribution in [0.4, 0.5) is 9.59 Å². The zero-order valence-corrected chi connectivity index (χ0v) is 23.3. The van der Waals surface area contributed by atoms with Gasteiger partial charge in [0.1, 0.15) is 13.2 Å². The predicted molar refractivity (Wildman–Crippen MR) is 139 cm³/mol. The van der Waals surface area contributed by atoms with Crippen LogP contribution < -0.4 is 10.6 Å². The number of nitrogens with one attached hydrogen (secondary N) is 2. The van der Waals surface area contributed by atoms with Gasteiger partial charge in [0.25, 0.3) is 0 Å². The van der Waals surface area contributed by atoms with E-state index in [-0.39, 0.29) is 49.8 Å². The van der Waals surface area contributed by atoms with Gasteiger partial charge in [0.2, 0.25) is 0 Å². The number of hydrogen-bond acceptors (Lipinski definition) is 8. The SMILES string of the molecule is CC(C)N[C@]1(C)CCCN(C)C(=O)OCC=CCOC(=O)N(C)CC[C@](C)(C(=O)C(C)C)NCC1=O. The van der Waals surface area contributed by atoms with E-state index in [1.54, 1.807) is 33.2 Å². The summed E-state index contributed by atoms with van der Waals surface area (Å²) in [6, 6.07) is 0.0577. The number of amides is 2. The maximum atomic E-state index is 13.5. The summed E-state index contributed by atoms with van der Waals surface area (Å²) in [5.74, 6) is -0.349. The molecule has 0 aliphatic carbocycles. The highest BCUT2D eigenvalue weighted by Gasteiger charge is 2.38. The van der Waals surface area contributed by atoms with Crippen LogP contribution in [0.3, 0.4) is 0 Å². The van der Waals surface area contributed by atoms with Gasteiger partial charge in [-0.1, -0.05) is 13.8 Å². The lowest BCUT2D eigenvalue weighted by Gasteiger charge is -2.36. The van der Waals surface area contributed by atoms with Crippen molar-refractivity contribution in [3.63, 3.8) is 0 Å². The standard InChI is InChI=1S/C26H46N4O6/c1-19(2)22(32)26(6)13-15-30(8)24(34)36-17-10-9-16-35-23(33)29(7)14-11-12-25(5,28-20(3)4)21(31)18-27-26/h9-10,19-20,27-28H,11-18H2,1-8H3/t25-,26-/m1/s1. The molecule has 10 heteroatoms. The van der Waals surface area contributed by atoms with Gasteiger partial charge >= 0.3 is 12.2 Å². The van der Waals surface area contributed by atoms with Crippen molar-refractivity contribution in [1.29, 1.82) is 0 Å². The van der Waals surface area contributed by atoms with E-state index >= 15 is 0 Å². The molecule has 0 aromatic rings. The van der Waals surface area contributed by atoms with Gasteiger partial charge in [0.05, 0.1) is 17.6 Å². The molecule has 2 amide bonds. The summed E-state index contributed by atoms with van der Waals surface area (Å²) in [4.78, 5) is 54.0. The highest BCUT2D eigenvalue weighted by molar-refractivity contribution is 5.93. The predicted octanol–water partition coefficient (Wildman–Crippen LogP) is 2.76. The second-order valence-corrected chi connectivity index (χ2v) is 10.6. The average Bonchev–Trinajstić information content (AvgIpc) is 2.80. The fourth-order valence-corrected chi connectivity index (χ4v) is 4.17. The number of nitrogens with zero attached hydrogens (tertiary/aromatic N) is 2. The molecule has 0 saturated carbocycles. The van der Waals surface area contributed by atoms with Crippen LogP contribution in [0.5, 0.6) is 0 Å². The van der Waals surface area contributed by atoms with Gasteiger partial charge in [-0.2, -0.15) is 0 Å². The molecule has 0 radical (unpaired) electrons. The molecule has 0 aromatic heterocycles. The molecule has 0 unspecified atom stereocenters. The number of cyclic esters (lactones) is 2. The smallest absolute Gasteiger partial charge is 0.409 e. The Morgan fingerprint density at radius 1 is 0.944 bits per heavy atom. The second-order valence-electron chi connectivity index (χ2n) is 10.6. The van der Waals surface area contributed by atoms with Crippen molar-refractivity contribution in [2.75, 3.05) is 46.9 Å². The number of Topliss-reactive ketones (excluding diaryl/α,β-unsaturated/α-hetero) is 2. The first-order valence-electron chi connectivity index (χ1n) is 12.7. The fourth-order valence-electron chi connectivity index (χ4n) is 4.17. The largest absolute Gasteiger partial charge is 0.445 e. The van der Waals surface area contributed by atoms with Crippen LogP contribution in [-0.2, 0) is 19.1 Å². The monoisotopic (exact) mass is 510 g/mol. The van der Waals surface area contributed by atoms with Gasteiger partial charge in [-0.15, -0.1) is 0 Å². The number of hydrogen-bond donors (Lipinski definition) is 2. The number of carbonyl (C=O) groups excluding carboxylic acids is 4. The van der Waals surface area contributed by atoms with Gasteiger partial charge < -0.3 is 24.6 Å². The van der Waals surface area contributed by atoms with Crippen LogP contribution in [0.25, 0.3) is 0 Å². The molecule has 0 fully saturated rings. The van der Waals surface area contributed by atoms with Crippen LogP contribution in [0.15, 0.2) is 12.2 Å². The molecule has 1 aliphatic heterocycles. The summed E-state index contributed by atoms with van der Waals surface area (Å²) in [5, 5.41) is 6.59. The lowest BCUT2D eigenvalue weighted by atomic mass is 9.84. The van der Waals surface area contributed by atoms with Crippen molar-refractivity contribution in [3.8, 4) is 0 Å². The highest BCUT2D eigenvalue weighted by Crippen LogP contribution is 2.20. The van der Waals surface area contributed by atoms with E-state index in [4.69, 9.17) is 9.47 Å². The third kappa shape index (κ3) is 9.89. The molecule has 1 heterocycles. The summed E-state index contributed by atoms with van der Waals surface area (Å²) in [6.45, 7) is 12.0. The fraction of sp³-hybridized carbons (Fsp3) is 0.769. The molecule has 0 saturated heterocycles. The van der Waals surface area contributed by atoms with Crippen LogP contribution in [0, 0.1) is 5.92 Å².